The summed E-state index contributed by atoms with van der Waals surface area (Å²) in [5.74, 6) is -0.125. The fourth-order valence-corrected chi connectivity index (χ4v) is 3.11. The second-order valence-corrected chi connectivity index (χ2v) is 5.40. The highest BCUT2D eigenvalue weighted by molar-refractivity contribution is 9.09. The molecule has 1 saturated heterocycles. The van der Waals surface area contributed by atoms with Crippen molar-refractivity contribution < 1.29 is 9.72 Å². The summed E-state index contributed by atoms with van der Waals surface area (Å²) in [7, 11) is 1.66. The van der Waals surface area contributed by atoms with Gasteiger partial charge in [0, 0.05) is 31.0 Å². The van der Waals surface area contributed by atoms with Gasteiger partial charge in [-0.1, -0.05) is 15.9 Å². The Balaban J connectivity index is 2.25. The van der Waals surface area contributed by atoms with Gasteiger partial charge in [-0.2, -0.15) is 0 Å². The Labute approximate surface area is 119 Å². The van der Waals surface area contributed by atoms with Crippen LogP contribution in [0.4, 0.5) is 5.69 Å². The van der Waals surface area contributed by atoms with Crippen LogP contribution < -0.4 is 0 Å². The number of rotatable bonds is 3. The first kappa shape index (κ1) is 14.0. The molecule has 1 aromatic heterocycles. The van der Waals surface area contributed by atoms with E-state index in [0.717, 1.165) is 24.6 Å². The van der Waals surface area contributed by atoms with Gasteiger partial charge in [0.25, 0.3) is 11.6 Å². The average molecular weight is 330 g/mol. The highest BCUT2D eigenvalue weighted by Crippen LogP contribution is 2.23. The first-order chi connectivity index (χ1) is 9.04. The van der Waals surface area contributed by atoms with E-state index in [1.807, 2.05) is 4.90 Å². The summed E-state index contributed by atoms with van der Waals surface area (Å²) in [6.45, 7) is 0.716. The van der Waals surface area contributed by atoms with Crippen molar-refractivity contribution in [3.63, 3.8) is 0 Å². The van der Waals surface area contributed by atoms with Crippen molar-refractivity contribution in [3.05, 3.63) is 28.1 Å². The predicted octanol–water partition coefficient (Wildman–Crippen LogP) is 2.32. The third-order valence-electron chi connectivity index (χ3n) is 3.49. The molecule has 0 aromatic carbocycles. The number of hydrogen-bond donors (Lipinski definition) is 0. The summed E-state index contributed by atoms with van der Waals surface area (Å²) in [4.78, 5) is 24.6. The fraction of sp³-hybridized carbons (Fsp3) is 0.583. The number of hydrogen-bond acceptors (Lipinski definition) is 3. The average Bonchev–Trinajstić information content (AvgIpc) is 2.80. The first-order valence-corrected chi connectivity index (χ1v) is 7.34. The van der Waals surface area contributed by atoms with Gasteiger partial charge in [0.1, 0.15) is 5.69 Å². The number of alkyl halides is 1. The molecule has 0 aliphatic carbocycles. The molecule has 19 heavy (non-hydrogen) atoms. The van der Waals surface area contributed by atoms with Crippen molar-refractivity contribution in [1.29, 1.82) is 0 Å². The van der Waals surface area contributed by atoms with E-state index >= 15 is 0 Å². The monoisotopic (exact) mass is 329 g/mol. The number of nitrogens with zero attached hydrogens (tertiary/aromatic N) is 3. The van der Waals surface area contributed by atoms with E-state index < -0.39 is 4.92 Å². The molecule has 1 fully saturated rings. The summed E-state index contributed by atoms with van der Waals surface area (Å²) >= 11 is 3.43. The largest absolute Gasteiger partial charge is 0.340 e. The van der Waals surface area contributed by atoms with Gasteiger partial charge in [0.2, 0.25) is 0 Å². The highest BCUT2D eigenvalue weighted by atomic mass is 79.9. The Morgan fingerprint density at radius 2 is 2.32 bits per heavy atom. The number of aromatic nitrogens is 1. The molecule has 0 radical (unpaired) electrons. The van der Waals surface area contributed by atoms with Gasteiger partial charge in [-0.15, -0.1) is 0 Å². The molecule has 0 saturated carbocycles. The van der Waals surface area contributed by atoms with Crippen molar-refractivity contribution >= 4 is 27.5 Å². The molecule has 0 bridgehead atoms. The quantitative estimate of drug-likeness (QED) is 0.485. The van der Waals surface area contributed by atoms with E-state index in [0.29, 0.717) is 12.2 Å². The zero-order valence-corrected chi connectivity index (χ0v) is 12.3. The third kappa shape index (κ3) is 2.80. The Morgan fingerprint density at radius 1 is 1.58 bits per heavy atom. The van der Waals surface area contributed by atoms with Crippen LogP contribution in [0, 0.1) is 10.1 Å². The van der Waals surface area contributed by atoms with Crippen LogP contribution in [-0.2, 0) is 7.05 Å². The smallest absolute Gasteiger partial charge is 0.287 e. The molecule has 1 aliphatic rings. The lowest BCUT2D eigenvalue weighted by Crippen LogP contribution is -2.45. The minimum absolute atomic E-state index is 0.0433. The predicted molar refractivity (Wildman–Crippen MR) is 74.5 cm³/mol. The molecular formula is C12H16BrN3O3. The number of piperidine rings is 1. The van der Waals surface area contributed by atoms with Gasteiger partial charge in [-0.25, -0.2) is 0 Å². The minimum atomic E-state index is -0.477. The second-order valence-electron chi connectivity index (χ2n) is 4.75. The van der Waals surface area contributed by atoms with Crippen LogP contribution in [0.25, 0.3) is 0 Å². The molecule has 1 aromatic rings. The number of amides is 1. The van der Waals surface area contributed by atoms with Crippen molar-refractivity contribution in [2.75, 3.05) is 11.9 Å². The van der Waals surface area contributed by atoms with Crippen LogP contribution >= 0.6 is 15.9 Å². The van der Waals surface area contributed by atoms with Crippen molar-refractivity contribution in [3.8, 4) is 0 Å². The molecule has 1 amide bonds. The Kier molecular flexibility index (Phi) is 4.24. The fourth-order valence-electron chi connectivity index (χ4n) is 2.44. The maximum absolute atomic E-state index is 12.5. The van der Waals surface area contributed by atoms with Crippen LogP contribution in [0.15, 0.2) is 12.3 Å². The standard InChI is InChI=1S/C12H16BrN3O3/c1-14-8-10(16(18)19)6-11(14)12(17)15-5-3-2-4-9(15)7-13/h6,8-9H,2-5,7H2,1H3. The second kappa shape index (κ2) is 5.73. The summed E-state index contributed by atoms with van der Waals surface area (Å²) < 4.78 is 1.53. The van der Waals surface area contributed by atoms with Gasteiger partial charge in [-0.05, 0) is 19.3 Å². The van der Waals surface area contributed by atoms with Crippen LogP contribution in [0.2, 0.25) is 0 Å². The highest BCUT2D eigenvalue weighted by Gasteiger charge is 2.29. The van der Waals surface area contributed by atoms with Crippen molar-refractivity contribution in [1.82, 2.24) is 9.47 Å². The van der Waals surface area contributed by atoms with E-state index in [2.05, 4.69) is 15.9 Å². The lowest BCUT2D eigenvalue weighted by Gasteiger charge is -2.34. The third-order valence-corrected chi connectivity index (χ3v) is 4.23. The Morgan fingerprint density at radius 3 is 2.89 bits per heavy atom. The zero-order valence-electron chi connectivity index (χ0n) is 10.7. The maximum atomic E-state index is 12.5. The molecule has 1 atom stereocenters. The van der Waals surface area contributed by atoms with Crippen molar-refractivity contribution in [2.24, 2.45) is 7.05 Å². The van der Waals surface area contributed by atoms with Gasteiger partial charge in [0.05, 0.1) is 11.1 Å². The van der Waals surface area contributed by atoms with Crippen LogP contribution in [0.5, 0.6) is 0 Å². The summed E-state index contributed by atoms with van der Waals surface area (Å²) in [5.41, 5.74) is 0.331. The lowest BCUT2D eigenvalue weighted by molar-refractivity contribution is -0.384. The van der Waals surface area contributed by atoms with E-state index in [-0.39, 0.29) is 17.6 Å². The van der Waals surface area contributed by atoms with E-state index in [4.69, 9.17) is 0 Å². The maximum Gasteiger partial charge on any atom is 0.287 e. The lowest BCUT2D eigenvalue weighted by atomic mass is 10.0. The molecular weight excluding hydrogens is 314 g/mol. The molecule has 7 heteroatoms. The summed E-state index contributed by atoms with van der Waals surface area (Å²) in [6, 6.07) is 1.53. The molecule has 2 rings (SSSR count). The van der Waals surface area contributed by atoms with Gasteiger partial charge in [0.15, 0.2) is 0 Å². The normalized spacial score (nSPS) is 19.5. The summed E-state index contributed by atoms with van der Waals surface area (Å²) in [6.07, 6.45) is 4.46. The molecule has 0 spiro atoms. The van der Waals surface area contributed by atoms with Gasteiger partial charge >= 0.3 is 0 Å². The van der Waals surface area contributed by atoms with Gasteiger partial charge in [-0.3, -0.25) is 14.9 Å². The Bertz CT molecular complexity index is 500. The van der Waals surface area contributed by atoms with Crippen molar-refractivity contribution in [2.45, 2.75) is 25.3 Å². The number of nitro groups is 1. The summed E-state index contributed by atoms with van der Waals surface area (Å²) in [5, 5.41) is 11.5. The number of aryl methyl sites for hydroxylation is 1. The zero-order chi connectivity index (χ0) is 14.0. The first-order valence-electron chi connectivity index (χ1n) is 6.22. The number of likely N-dealkylation sites (tertiary alicyclic amines) is 1. The topological polar surface area (TPSA) is 68.4 Å². The molecule has 2 heterocycles. The number of halogens is 1. The molecule has 104 valence electrons. The van der Waals surface area contributed by atoms with E-state index in [1.54, 1.807) is 7.05 Å². The minimum Gasteiger partial charge on any atom is -0.340 e. The van der Waals surface area contributed by atoms with Crippen LogP contribution in [0.1, 0.15) is 29.8 Å². The van der Waals surface area contributed by atoms with E-state index in [9.17, 15) is 14.9 Å². The SMILES string of the molecule is Cn1cc([N+](=O)[O-])cc1C(=O)N1CCCCC1CBr. The van der Waals surface area contributed by atoms with Crippen LogP contribution in [0.3, 0.4) is 0 Å². The molecule has 1 aliphatic heterocycles. The van der Waals surface area contributed by atoms with E-state index in [1.165, 1.54) is 16.8 Å². The van der Waals surface area contributed by atoms with Gasteiger partial charge < -0.3 is 9.47 Å². The van der Waals surface area contributed by atoms with Crippen LogP contribution in [-0.4, -0.2) is 38.2 Å². The molecule has 1 unspecified atom stereocenters. The molecule has 6 nitrogen and oxygen atoms in total. The Hall–Kier alpha value is -1.37. The molecule has 0 N–H and O–H groups in total. The number of carbonyl (C=O) groups is 1. The number of carbonyl (C=O) groups excluding carboxylic acids is 1.